The summed E-state index contributed by atoms with van der Waals surface area (Å²) in [6.07, 6.45) is 6.15. The molecule has 146 valence electrons. The lowest BCUT2D eigenvalue weighted by Gasteiger charge is -2.15. The third-order valence-corrected chi connectivity index (χ3v) is 4.58. The highest BCUT2D eigenvalue weighted by Crippen LogP contribution is 2.23. The number of aromatic nitrogens is 3. The van der Waals surface area contributed by atoms with Crippen LogP contribution in [0.15, 0.2) is 61.1 Å². The lowest BCUT2D eigenvalue weighted by Crippen LogP contribution is -2.29. The average Bonchev–Trinajstić information content (AvgIpc) is 3.12. The van der Waals surface area contributed by atoms with Crippen LogP contribution >= 0.6 is 0 Å². The fourth-order valence-electron chi connectivity index (χ4n) is 3.23. The summed E-state index contributed by atoms with van der Waals surface area (Å²) < 4.78 is 1.86. The molecular formula is C22H26N4O2. The molecule has 0 aliphatic carbocycles. The first kappa shape index (κ1) is 19.8. The fraction of sp³-hybridized carbons (Fsp3) is 0.318. The van der Waals surface area contributed by atoms with Gasteiger partial charge in [0.05, 0.1) is 17.3 Å². The van der Waals surface area contributed by atoms with Gasteiger partial charge in [0.15, 0.2) is 0 Å². The largest absolute Gasteiger partial charge is 0.481 e. The number of hydrogen-bond acceptors (Lipinski definition) is 4. The molecule has 0 aliphatic rings. The number of para-hydroxylation sites is 1. The Balaban J connectivity index is 1.81. The molecule has 3 rings (SSSR count). The zero-order chi connectivity index (χ0) is 19.9. The maximum Gasteiger partial charge on any atom is 0.307 e. The Bertz CT molecular complexity index is 891. The summed E-state index contributed by atoms with van der Waals surface area (Å²) in [5.74, 6) is -0.805. The van der Waals surface area contributed by atoms with E-state index in [1.165, 1.54) is 0 Å². The van der Waals surface area contributed by atoms with Crippen LogP contribution in [0.25, 0.3) is 16.9 Å². The highest BCUT2D eigenvalue weighted by Gasteiger charge is 2.19. The first-order valence-corrected chi connectivity index (χ1v) is 9.52. The number of carboxylic acid groups (broad SMARTS) is 1. The van der Waals surface area contributed by atoms with Crippen molar-refractivity contribution in [1.29, 1.82) is 0 Å². The van der Waals surface area contributed by atoms with Crippen molar-refractivity contribution >= 4 is 5.97 Å². The first-order valence-electron chi connectivity index (χ1n) is 9.52. The first-order chi connectivity index (χ1) is 13.5. The van der Waals surface area contributed by atoms with Crippen LogP contribution in [-0.4, -0.2) is 32.4 Å². The summed E-state index contributed by atoms with van der Waals surface area (Å²) in [6, 6.07) is 13.8. The number of pyridine rings is 1. The molecular weight excluding hydrogens is 352 g/mol. The smallest absolute Gasteiger partial charge is 0.307 e. The van der Waals surface area contributed by atoms with Crippen LogP contribution in [0, 0.1) is 11.8 Å². The maximum atomic E-state index is 11.5. The molecule has 3 aromatic rings. The van der Waals surface area contributed by atoms with Crippen LogP contribution in [0.2, 0.25) is 0 Å². The summed E-state index contributed by atoms with van der Waals surface area (Å²) in [7, 11) is 0. The van der Waals surface area contributed by atoms with E-state index in [0.29, 0.717) is 25.4 Å². The van der Waals surface area contributed by atoms with Crippen LogP contribution in [-0.2, 0) is 11.3 Å². The summed E-state index contributed by atoms with van der Waals surface area (Å²) >= 11 is 0. The predicted molar refractivity (Wildman–Crippen MR) is 109 cm³/mol. The van der Waals surface area contributed by atoms with Crippen LogP contribution in [0.5, 0.6) is 0 Å². The lowest BCUT2D eigenvalue weighted by atomic mass is 9.97. The van der Waals surface area contributed by atoms with E-state index in [1.807, 2.05) is 67.2 Å². The van der Waals surface area contributed by atoms with Gasteiger partial charge in [-0.15, -0.1) is 0 Å². The number of nitrogens with one attached hydrogen (secondary N) is 1. The van der Waals surface area contributed by atoms with Gasteiger partial charge in [-0.05, 0) is 36.6 Å². The van der Waals surface area contributed by atoms with E-state index in [0.717, 1.165) is 22.5 Å². The zero-order valence-corrected chi connectivity index (χ0v) is 16.2. The molecule has 0 spiro atoms. The van der Waals surface area contributed by atoms with Gasteiger partial charge in [0.2, 0.25) is 0 Å². The lowest BCUT2D eigenvalue weighted by molar-refractivity contribution is -0.142. The van der Waals surface area contributed by atoms with E-state index in [1.54, 1.807) is 12.4 Å². The van der Waals surface area contributed by atoms with E-state index >= 15 is 0 Å². The Morgan fingerprint density at radius 2 is 1.86 bits per heavy atom. The minimum atomic E-state index is -0.754. The highest BCUT2D eigenvalue weighted by molar-refractivity contribution is 5.70. The van der Waals surface area contributed by atoms with Crippen LogP contribution < -0.4 is 5.32 Å². The highest BCUT2D eigenvalue weighted by atomic mass is 16.4. The van der Waals surface area contributed by atoms with Gasteiger partial charge in [0, 0.05) is 42.8 Å². The second-order valence-electron chi connectivity index (χ2n) is 7.31. The normalized spacial score (nSPS) is 12.2. The van der Waals surface area contributed by atoms with Crippen LogP contribution in [0.3, 0.4) is 0 Å². The molecule has 0 bridgehead atoms. The Kier molecular flexibility index (Phi) is 6.55. The minimum Gasteiger partial charge on any atom is -0.481 e. The van der Waals surface area contributed by atoms with Gasteiger partial charge in [0.25, 0.3) is 0 Å². The third kappa shape index (κ3) is 5.04. The molecule has 0 fully saturated rings. The molecule has 2 aromatic heterocycles. The molecule has 1 aromatic carbocycles. The van der Waals surface area contributed by atoms with E-state index in [2.05, 4.69) is 10.3 Å². The molecule has 0 amide bonds. The standard InChI is InChI=1S/C22H26N4O2/c1-16(2)12-18(22(27)28)13-24-14-19-15-26(20-6-4-3-5-7-20)25-21(19)17-8-10-23-11-9-17/h3-11,15-16,18,24H,12-14H2,1-2H3,(H,27,28). The molecule has 2 N–H and O–H groups in total. The summed E-state index contributed by atoms with van der Waals surface area (Å²) in [6.45, 7) is 5.06. The van der Waals surface area contributed by atoms with Gasteiger partial charge in [-0.1, -0.05) is 32.0 Å². The number of benzene rings is 1. The van der Waals surface area contributed by atoms with Gasteiger partial charge in [0.1, 0.15) is 0 Å². The quantitative estimate of drug-likeness (QED) is 0.592. The molecule has 1 unspecified atom stereocenters. The number of carboxylic acids is 1. The van der Waals surface area contributed by atoms with Crippen molar-refractivity contribution in [2.45, 2.75) is 26.8 Å². The SMILES string of the molecule is CC(C)CC(CNCc1cn(-c2ccccc2)nc1-c1ccncc1)C(=O)O. The van der Waals surface area contributed by atoms with Crippen LogP contribution in [0.4, 0.5) is 0 Å². The van der Waals surface area contributed by atoms with Gasteiger partial charge < -0.3 is 10.4 Å². The van der Waals surface area contributed by atoms with Gasteiger partial charge in [-0.2, -0.15) is 5.10 Å². The number of rotatable bonds is 9. The Labute approximate surface area is 165 Å². The fourth-order valence-corrected chi connectivity index (χ4v) is 3.23. The Hall–Kier alpha value is -2.99. The molecule has 0 saturated carbocycles. The minimum absolute atomic E-state index is 0.344. The maximum absolute atomic E-state index is 11.5. The van der Waals surface area contributed by atoms with Crippen molar-refractivity contribution in [1.82, 2.24) is 20.1 Å². The topological polar surface area (TPSA) is 80.0 Å². The number of carbonyl (C=O) groups is 1. The number of hydrogen-bond donors (Lipinski definition) is 2. The predicted octanol–water partition coefficient (Wildman–Crippen LogP) is 3.77. The van der Waals surface area contributed by atoms with Gasteiger partial charge in [-0.3, -0.25) is 9.78 Å². The molecule has 6 heteroatoms. The summed E-state index contributed by atoms with van der Waals surface area (Å²) in [4.78, 5) is 15.6. The average molecular weight is 378 g/mol. The van der Waals surface area contributed by atoms with E-state index < -0.39 is 11.9 Å². The van der Waals surface area contributed by atoms with E-state index in [4.69, 9.17) is 5.10 Å². The van der Waals surface area contributed by atoms with Gasteiger partial charge in [-0.25, -0.2) is 4.68 Å². The van der Waals surface area contributed by atoms with Crippen molar-refractivity contribution < 1.29 is 9.90 Å². The molecule has 6 nitrogen and oxygen atoms in total. The summed E-state index contributed by atoms with van der Waals surface area (Å²) in [5, 5.41) is 17.5. The second-order valence-corrected chi connectivity index (χ2v) is 7.31. The summed E-state index contributed by atoms with van der Waals surface area (Å²) in [5.41, 5.74) is 3.85. The van der Waals surface area contributed by atoms with Crippen LogP contribution in [0.1, 0.15) is 25.8 Å². The monoisotopic (exact) mass is 378 g/mol. The molecule has 28 heavy (non-hydrogen) atoms. The van der Waals surface area contributed by atoms with E-state index in [-0.39, 0.29) is 0 Å². The second kappa shape index (κ2) is 9.28. The third-order valence-electron chi connectivity index (χ3n) is 4.58. The molecule has 2 heterocycles. The Morgan fingerprint density at radius 3 is 2.50 bits per heavy atom. The molecule has 0 aliphatic heterocycles. The molecule has 1 atom stereocenters. The molecule has 0 radical (unpaired) electrons. The van der Waals surface area contributed by atoms with Crippen molar-refractivity contribution in [2.24, 2.45) is 11.8 Å². The molecule has 0 saturated heterocycles. The van der Waals surface area contributed by atoms with Crippen molar-refractivity contribution in [3.05, 3.63) is 66.6 Å². The number of aliphatic carboxylic acids is 1. The zero-order valence-electron chi connectivity index (χ0n) is 16.2. The Morgan fingerprint density at radius 1 is 1.14 bits per heavy atom. The van der Waals surface area contributed by atoms with Crippen molar-refractivity contribution in [3.8, 4) is 16.9 Å². The van der Waals surface area contributed by atoms with E-state index in [9.17, 15) is 9.90 Å². The number of nitrogens with zero attached hydrogens (tertiary/aromatic N) is 3. The van der Waals surface area contributed by atoms with Gasteiger partial charge >= 0.3 is 5.97 Å². The van der Waals surface area contributed by atoms with Crippen molar-refractivity contribution in [2.75, 3.05) is 6.54 Å². The van der Waals surface area contributed by atoms with Crippen molar-refractivity contribution in [3.63, 3.8) is 0 Å².